The first-order valence-electron chi connectivity index (χ1n) is 8.60. The van der Waals surface area contributed by atoms with Gasteiger partial charge in [0.05, 0.1) is 38.6 Å². The van der Waals surface area contributed by atoms with Crippen LogP contribution in [-0.4, -0.2) is 74.3 Å². The van der Waals surface area contributed by atoms with Crippen molar-refractivity contribution < 1.29 is 29.2 Å². The number of nitrogens with zero attached hydrogens (tertiary/aromatic N) is 1. The molecule has 0 radical (unpaired) electrons. The average Bonchev–Trinajstić information content (AvgIpc) is 2.62. The smallest absolute Gasteiger partial charge is 0.258 e. The number of hydrogen-bond donors (Lipinski definition) is 2. The van der Waals surface area contributed by atoms with E-state index in [1.807, 2.05) is 6.92 Å². The molecule has 140 valence electrons. The largest absolute Gasteiger partial charge is 0.508 e. The molecule has 1 fully saturated rings. The lowest BCUT2D eigenvalue weighted by Crippen LogP contribution is -2.41. The summed E-state index contributed by atoms with van der Waals surface area (Å²) >= 11 is 0. The van der Waals surface area contributed by atoms with E-state index >= 15 is 0 Å². The lowest BCUT2D eigenvalue weighted by atomic mass is 9.94. The first kappa shape index (κ1) is 19.5. The number of morpholine rings is 1. The fraction of sp³-hybridized carbons (Fsp3) is 0.611. The molecule has 0 spiro atoms. The second-order valence-corrected chi connectivity index (χ2v) is 5.86. The molecule has 0 aliphatic carbocycles. The predicted octanol–water partition coefficient (Wildman–Crippen LogP) is 1.34. The number of carbonyl (C=O) groups excluding carboxylic acids is 1. The van der Waals surface area contributed by atoms with Gasteiger partial charge in [-0.05, 0) is 24.0 Å². The van der Waals surface area contributed by atoms with Crippen LogP contribution in [0.5, 0.6) is 11.5 Å². The van der Waals surface area contributed by atoms with Crippen LogP contribution in [-0.2, 0) is 27.1 Å². The van der Waals surface area contributed by atoms with Crippen molar-refractivity contribution in [2.45, 2.75) is 19.8 Å². The standard InChI is InChI=1S/C18H27NO6/c1-3-13-14(4-7-24-11-10-23-2)17(16(21)12-15(13)20)18(22)19-5-8-25-9-6-19/h12,20-21H,3-11H2,1-2H3. The SMILES string of the molecule is CCc1c(O)cc(O)c(C(=O)N2CCOCC2)c1CCOCCOC. The summed E-state index contributed by atoms with van der Waals surface area (Å²) in [6, 6.07) is 1.25. The third kappa shape index (κ3) is 4.84. The van der Waals surface area contributed by atoms with Crippen LogP contribution in [0.15, 0.2) is 6.07 Å². The van der Waals surface area contributed by atoms with E-state index in [1.54, 1.807) is 12.0 Å². The van der Waals surface area contributed by atoms with E-state index in [-0.39, 0.29) is 23.0 Å². The number of phenols is 2. The normalized spacial score (nSPS) is 14.7. The number of amides is 1. The van der Waals surface area contributed by atoms with Crippen molar-refractivity contribution in [2.75, 3.05) is 53.2 Å². The number of benzene rings is 1. The molecule has 0 aromatic heterocycles. The number of rotatable bonds is 8. The second-order valence-electron chi connectivity index (χ2n) is 5.86. The molecule has 0 atom stereocenters. The van der Waals surface area contributed by atoms with Gasteiger partial charge in [-0.15, -0.1) is 0 Å². The van der Waals surface area contributed by atoms with Crippen LogP contribution < -0.4 is 0 Å². The maximum absolute atomic E-state index is 12.9. The maximum Gasteiger partial charge on any atom is 0.258 e. The van der Waals surface area contributed by atoms with Crippen molar-refractivity contribution in [3.05, 3.63) is 22.8 Å². The van der Waals surface area contributed by atoms with Crippen molar-refractivity contribution >= 4 is 5.91 Å². The summed E-state index contributed by atoms with van der Waals surface area (Å²) in [5, 5.41) is 20.5. The molecule has 25 heavy (non-hydrogen) atoms. The molecule has 1 heterocycles. The van der Waals surface area contributed by atoms with Gasteiger partial charge in [0.1, 0.15) is 11.5 Å². The molecule has 0 unspecified atom stereocenters. The molecule has 1 aromatic carbocycles. The zero-order valence-corrected chi connectivity index (χ0v) is 14.9. The minimum atomic E-state index is -0.234. The monoisotopic (exact) mass is 353 g/mol. The molecule has 2 rings (SSSR count). The summed E-state index contributed by atoms with van der Waals surface area (Å²) in [5.74, 6) is -0.425. The summed E-state index contributed by atoms with van der Waals surface area (Å²) in [5.41, 5.74) is 1.57. The highest BCUT2D eigenvalue weighted by Gasteiger charge is 2.27. The molecule has 0 saturated carbocycles. The van der Waals surface area contributed by atoms with Gasteiger partial charge in [0.15, 0.2) is 0 Å². The van der Waals surface area contributed by atoms with E-state index in [2.05, 4.69) is 0 Å². The molecule has 0 bridgehead atoms. The molecule has 1 aromatic rings. The van der Waals surface area contributed by atoms with E-state index in [9.17, 15) is 15.0 Å². The second kappa shape index (κ2) is 9.60. The van der Waals surface area contributed by atoms with Crippen LogP contribution in [0.3, 0.4) is 0 Å². The zero-order valence-electron chi connectivity index (χ0n) is 14.9. The number of hydrogen-bond acceptors (Lipinski definition) is 6. The third-order valence-corrected chi connectivity index (χ3v) is 4.30. The summed E-state index contributed by atoms with van der Waals surface area (Å²) in [6.07, 6.45) is 0.989. The molecule has 7 nitrogen and oxygen atoms in total. The van der Waals surface area contributed by atoms with Crippen LogP contribution >= 0.6 is 0 Å². The van der Waals surface area contributed by atoms with E-state index < -0.39 is 0 Å². The van der Waals surface area contributed by atoms with Crippen molar-refractivity contribution in [3.63, 3.8) is 0 Å². The Morgan fingerprint density at radius 3 is 2.52 bits per heavy atom. The van der Waals surface area contributed by atoms with Crippen molar-refractivity contribution in [1.82, 2.24) is 4.90 Å². The minimum absolute atomic E-state index is 0.00502. The Bertz CT molecular complexity index is 583. The molecule has 2 N–H and O–H groups in total. The lowest BCUT2D eigenvalue weighted by Gasteiger charge is -2.28. The van der Waals surface area contributed by atoms with Crippen LogP contribution in [0.2, 0.25) is 0 Å². The van der Waals surface area contributed by atoms with Gasteiger partial charge in [0.25, 0.3) is 5.91 Å². The summed E-state index contributed by atoms with van der Waals surface area (Å²) in [7, 11) is 1.60. The van der Waals surface area contributed by atoms with Gasteiger partial charge in [0.2, 0.25) is 0 Å². The number of ether oxygens (including phenoxy) is 3. The number of phenolic OH excluding ortho intramolecular Hbond substituents is 2. The van der Waals surface area contributed by atoms with Crippen LogP contribution in [0.4, 0.5) is 0 Å². The Kier molecular flexibility index (Phi) is 7.49. The van der Waals surface area contributed by atoms with Gasteiger partial charge >= 0.3 is 0 Å². The van der Waals surface area contributed by atoms with Gasteiger partial charge in [-0.2, -0.15) is 0 Å². The zero-order chi connectivity index (χ0) is 18.2. The Labute approximate surface area is 148 Å². The summed E-state index contributed by atoms with van der Waals surface area (Å²) < 4.78 is 15.7. The summed E-state index contributed by atoms with van der Waals surface area (Å²) in [4.78, 5) is 14.6. The van der Waals surface area contributed by atoms with E-state index in [0.29, 0.717) is 70.1 Å². The van der Waals surface area contributed by atoms with E-state index in [0.717, 1.165) is 0 Å². The van der Waals surface area contributed by atoms with Gasteiger partial charge in [-0.3, -0.25) is 4.79 Å². The molecule has 1 amide bonds. The number of carbonyl (C=O) groups is 1. The quantitative estimate of drug-likeness (QED) is 0.686. The van der Waals surface area contributed by atoms with E-state index in [1.165, 1.54) is 6.07 Å². The molecular weight excluding hydrogens is 326 g/mol. The topological polar surface area (TPSA) is 88.5 Å². The highest BCUT2D eigenvalue weighted by molar-refractivity contribution is 5.99. The average molecular weight is 353 g/mol. The molecule has 1 aliphatic rings. The van der Waals surface area contributed by atoms with Gasteiger partial charge < -0.3 is 29.3 Å². The van der Waals surface area contributed by atoms with Crippen LogP contribution in [0, 0.1) is 0 Å². The molecule has 1 saturated heterocycles. The van der Waals surface area contributed by atoms with E-state index in [4.69, 9.17) is 14.2 Å². The number of aromatic hydroxyl groups is 2. The lowest BCUT2D eigenvalue weighted by molar-refractivity contribution is 0.0299. The Morgan fingerprint density at radius 1 is 1.16 bits per heavy atom. The van der Waals surface area contributed by atoms with Crippen LogP contribution in [0.25, 0.3) is 0 Å². The highest BCUT2D eigenvalue weighted by Crippen LogP contribution is 2.34. The Balaban J connectivity index is 2.27. The highest BCUT2D eigenvalue weighted by atomic mass is 16.5. The van der Waals surface area contributed by atoms with Gasteiger partial charge in [0, 0.05) is 26.3 Å². The Hall–Kier alpha value is -1.83. The fourth-order valence-electron chi connectivity index (χ4n) is 3.00. The Morgan fingerprint density at radius 2 is 1.88 bits per heavy atom. The van der Waals surface area contributed by atoms with Crippen molar-refractivity contribution in [2.24, 2.45) is 0 Å². The molecule has 7 heteroatoms. The fourth-order valence-corrected chi connectivity index (χ4v) is 3.00. The third-order valence-electron chi connectivity index (χ3n) is 4.30. The molecule has 1 aliphatic heterocycles. The first-order valence-corrected chi connectivity index (χ1v) is 8.60. The van der Waals surface area contributed by atoms with Gasteiger partial charge in [-0.25, -0.2) is 0 Å². The number of methoxy groups -OCH3 is 1. The van der Waals surface area contributed by atoms with Crippen molar-refractivity contribution in [3.8, 4) is 11.5 Å². The maximum atomic E-state index is 12.9. The molecular formula is C18H27NO6. The minimum Gasteiger partial charge on any atom is -0.508 e. The van der Waals surface area contributed by atoms with Crippen molar-refractivity contribution in [1.29, 1.82) is 0 Å². The van der Waals surface area contributed by atoms with Gasteiger partial charge in [-0.1, -0.05) is 6.92 Å². The summed E-state index contributed by atoms with van der Waals surface area (Å²) in [6.45, 7) is 5.18. The first-order chi connectivity index (χ1) is 12.1. The van der Waals surface area contributed by atoms with Crippen LogP contribution in [0.1, 0.15) is 28.4 Å². The predicted molar refractivity (Wildman–Crippen MR) is 92.3 cm³/mol.